The lowest BCUT2D eigenvalue weighted by Gasteiger charge is -2.12. The Balaban J connectivity index is 2.35. The summed E-state index contributed by atoms with van der Waals surface area (Å²) in [4.78, 5) is 23.8. The number of nitrogens with one attached hydrogen (secondary N) is 2. The average molecular weight is 411 g/mol. The summed E-state index contributed by atoms with van der Waals surface area (Å²) in [6.45, 7) is 8.43. The maximum atomic E-state index is 11.9. The standard InChI is InChI=1S/C21H34N2O6/c1-4-6-10-26-12-14-28-20(24)22-18-9-8-17(3)19(16-18)23-21(25)29-15-13-27-11-7-5-2/h8-9,16H,4-7,10-15H2,1-3H3,(H,22,24)(H,23,25). The summed E-state index contributed by atoms with van der Waals surface area (Å²) >= 11 is 0. The highest BCUT2D eigenvalue weighted by molar-refractivity contribution is 5.89. The van der Waals surface area contributed by atoms with Crippen LogP contribution in [0.3, 0.4) is 0 Å². The second kappa shape index (κ2) is 15.6. The Labute approximate surface area is 173 Å². The molecular weight excluding hydrogens is 376 g/mol. The fraction of sp³-hybridized carbons (Fsp3) is 0.619. The molecule has 0 saturated heterocycles. The highest BCUT2D eigenvalue weighted by Crippen LogP contribution is 2.20. The quantitative estimate of drug-likeness (QED) is 0.431. The van der Waals surface area contributed by atoms with Crippen LogP contribution in [0, 0.1) is 6.92 Å². The van der Waals surface area contributed by atoms with Gasteiger partial charge in [-0.2, -0.15) is 0 Å². The lowest BCUT2D eigenvalue weighted by molar-refractivity contribution is 0.0768. The molecule has 0 aromatic heterocycles. The zero-order valence-corrected chi connectivity index (χ0v) is 17.8. The molecule has 0 heterocycles. The third kappa shape index (κ3) is 12.0. The molecule has 2 N–H and O–H groups in total. The molecule has 29 heavy (non-hydrogen) atoms. The zero-order valence-electron chi connectivity index (χ0n) is 17.8. The second-order valence-corrected chi connectivity index (χ2v) is 6.48. The number of amides is 2. The van der Waals surface area contributed by atoms with Crippen LogP contribution in [-0.4, -0.2) is 51.8 Å². The van der Waals surface area contributed by atoms with Gasteiger partial charge in [-0.05, 0) is 37.5 Å². The van der Waals surface area contributed by atoms with Gasteiger partial charge in [-0.3, -0.25) is 10.6 Å². The first-order valence-electron chi connectivity index (χ1n) is 10.2. The van der Waals surface area contributed by atoms with Gasteiger partial charge in [0.15, 0.2) is 0 Å². The average Bonchev–Trinajstić information content (AvgIpc) is 2.70. The third-order valence-electron chi connectivity index (χ3n) is 3.93. The van der Waals surface area contributed by atoms with Crippen molar-refractivity contribution in [2.45, 2.75) is 46.5 Å². The first-order valence-corrected chi connectivity index (χ1v) is 10.2. The van der Waals surface area contributed by atoms with E-state index in [1.807, 2.05) is 6.92 Å². The fourth-order valence-electron chi connectivity index (χ4n) is 2.22. The minimum Gasteiger partial charge on any atom is -0.447 e. The van der Waals surface area contributed by atoms with E-state index in [0.717, 1.165) is 31.2 Å². The first-order chi connectivity index (χ1) is 14.1. The molecule has 8 heteroatoms. The minimum atomic E-state index is -0.578. The summed E-state index contributed by atoms with van der Waals surface area (Å²) < 4.78 is 20.8. The van der Waals surface area contributed by atoms with Gasteiger partial charge in [0, 0.05) is 24.6 Å². The van der Waals surface area contributed by atoms with Crippen LogP contribution in [0.2, 0.25) is 0 Å². The molecule has 1 rings (SSSR count). The van der Waals surface area contributed by atoms with Crippen molar-refractivity contribution >= 4 is 23.6 Å². The molecule has 8 nitrogen and oxygen atoms in total. The minimum absolute atomic E-state index is 0.180. The van der Waals surface area contributed by atoms with Crippen LogP contribution in [0.15, 0.2) is 18.2 Å². The van der Waals surface area contributed by atoms with Gasteiger partial charge in [0.05, 0.1) is 13.2 Å². The molecule has 0 aliphatic carbocycles. The summed E-state index contributed by atoms with van der Waals surface area (Å²) in [6, 6.07) is 5.16. The van der Waals surface area contributed by atoms with E-state index in [4.69, 9.17) is 18.9 Å². The van der Waals surface area contributed by atoms with Gasteiger partial charge < -0.3 is 18.9 Å². The maximum absolute atomic E-state index is 11.9. The van der Waals surface area contributed by atoms with E-state index in [2.05, 4.69) is 24.5 Å². The largest absolute Gasteiger partial charge is 0.447 e. The zero-order chi connectivity index (χ0) is 21.3. The molecule has 0 unspecified atom stereocenters. The Kier molecular flexibility index (Phi) is 13.3. The van der Waals surface area contributed by atoms with Crippen molar-refractivity contribution in [2.24, 2.45) is 0 Å². The van der Waals surface area contributed by atoms with E-state index in [1.54, 1.807) is 18.2 Å². The van der Waals surface area contributed by atoms with Crippen molar-refractivity contribution in [3.63, 3.8) is 0 Å². The van der Waals surface area contributed by atoms with E-state index in [9.17, 15) is 9.59 Å². The van der Waals surface area contributed by atoms with Crippen LogP contribution in [0.1, 0.15) is 45.1 Å². The van der Waals surface area contributed by atoms with E-state index in [0.29, 0.717) is 37.8 Å². The number of unbranched alkanes of at least 4 members (excludes halogenated alkanes) is 2. The van der Waals surface area contributed by atoms with Crippen molar-refractivity contribution in [3.8, 4) is 0 Å². The van der Waals surface area contributed by atoms with Crippen molar-refractivity contribution in [1.29, 1.82) is 0 Å². The maximum Gasteiger partial charge on any atom is 0.411 e. The number of hydrogen-bond acceptors (Lipinski definition) is 6. The number of hydrogen-bond donors (Lipinski definition) is 2. The molecule has 2 amide bonds. The number of ether oxygens (including phenoxy) is 4. The van der Waals surface area contributed by atoms with Crippen molar-refractivity contribution in [1.82, 2.24) is 0 Å². The summed E-state index contributed by atoms with van der Waals surface area (Å²) in [6.07, 6.45) is 2.94. The van der Waals surface area contributed by atoms with Gasteiger partial charge in [-0.1, -0.05) is 32.8 Å². The third-order valence-corrected chi connectivity index (χ3v) is 3.93. The van der Waals surface area contributed by atoms with Crippen LogP contribution in [-0.2, 0) is 18.9 Å². The van der Waals surface area contributed by atoms with Crippen LogP contribution in [0.5, 0.6) is 0 Å². The highest BCUT2D eigenvalue weighted by atomic mass is 16.6. The topological polar surface area (TPSA) is 95.1 Å². The van der Waals surface area contributed by atoms with Crippen LogP contribution >= 0.6 is 0 Å². The van der Waals surface area contributed by atoms with Crippen LogP contribution in [0.4, 0.5) is 21.0 Å². The summed E-state index contributed by atoms with van der Waals surface area (Å²) in [7, 11) is 0. The van der Waals surface area contributed by atoms with Gasteiger partial charge in [-0.15, -0.1) is 0 Å². The van der Waals surface area contributed by atoms with Crippen molar-refractivity contribution in [2.75, 3.05) is 50.3 Å². The molecule has 0 saturated carbocycles. The number of carbonyl (C=O) groups excluding carboxylic acids is 2. The lowest BCUT2D eigenvalue weighted by Crippen LogP contribution is -2.19. The molecule has 0 aliphatic rings. The molecule has 1 aromatic carbocycles. The van der Waals surface area contributed by atoms with Crippen LogP contribution in [0.25, 0.3) is 0 Å². The molecule has 0 atom stereocenters. The number of rotatable bonds is 14. The van der Waals surface area contributed by atoms with Gasteiger partial charge >= 0.3 is 12.2 Å². The Bertz CT molecular complexity index is 609. The smallest absolute Gasteiger partial charge is 0.411 e. The predicted octanol–water partition coefficient (Wildman–Crippen LogP) is 4.73. The molecule has 0 aliphatic heterocycles. The lowest BCUT2D eigenvalue weighted by atomic mass is 10.2. The molecule has 0 radical (unpaired) electrons. The number of benzene rings is 1. The van der Waals surface area contributed by atoms with E-state index in [1.165, 1.54) is 0 Å². The van der Waals surface area contributed by atoms with E-state index in [-0.39, 0.29) is 13.2 Å². The van der Waals surface area contributed by atoms with Crippen LogP contribution < -0.4 is 10.6 Å². The number of aryl methyl sites for hydroxylation is 1. The fourth-order valence-corrected chi connectivity index (χ4v) is 2.22. The number of anilines is 2. The van der Waals surface area contributed by atoms with Crippen molar-refractivity contribution < 1.29 is 28.5 Å². The molecule has 0 spiro atoms. The Hall–Kier alpha value is -2.32. The molecule has 1 aromatic rings. The van der Waals surface area contributed by atoms with Gasteiger partial charge in [0.1, 0.15) is 13.2 Å². The molecular formula is C21H34N2O6. The predicted molar refractivity (Wildman–Crippen MR) is 113 cm³/mol. The second-order valence-electron chi connectivity index (χ2n) is 6.48. The molecule has 0 bridgehead atoms. The summed E-state index contributed by atoms with van der Waals surface area (Å²) in [5.74, 6) is 0. The molecule has 164 valence electrons. The van der Waals surface area contributed by atoms with E-state index >= 15 is 0 Å². The normalized spacial score (nSPS) is 10.4. The van der Waals surface area contributed by atoms with Gasteiger partial charge in [-0.25, -0.2) is 9.59 Å². The number of carbonyl (C=O) groups is 2. The summed E-state index contributed by atoms with van der Waals surface area (Å²) in [5, 5.41) is 5.30. The van der Waals surface area contributed by atoms with Gasteiger partial charge in [0.2, 0.25) is 0 Å². The van der Waals surface area contributed by atoms with Gasteiger partial charge in [0.25, 0.3) is 0 Å². The van der Waals surface area contributed by atoms with Crippen molar-refractivity contribution in [3.05, 3.63) is 23.8 Å². The SMILES string of the molecule is CCCCOCCOC(=O)Nc1ccc(C)c(NC(=O)OCCOCCCC)c1. The Morgan fingerprint density at radius 1 is 0.793 bits per heavy atom. The Morgan fingerprint density at radius 2 is 1.34 bits per heavy atom. The first kappa shape index (κ1) is 24.7. The van der Waals surface area contributed by atoms with E-state index < -0.39 is 12.2 Å². The Morgan fingerprint density at radius 3 is 1.90 bits per heavy atom. The highest BCUT2D eigenvalue weighted by Gasteiger charge is 2.09. The summed E-state index contributed by atoms with van der Waals surface area (Å²) in [5.41, 5.74) is 1.89. The molecule has 0 fully saturated rings. The monoisotopic (exact) mass is 410 g/mol.